The van der Waals surface area contributed by atoms with Crippen molar-refractivity contribution in [2.45, 2.75) is 51.9 Å². The molecule has 30 heavy (non-hydrogen) atoms. The molecule has 0 N–H and O–H groups in total. The lowest BCUT2D eigenvalue weighted by Gasteiger charge is -2.33. The van der Waals surface area contributed by atoms with Crippen LogP contribution >= 0.6 is 0 Å². The summed E-state index contributed by atoms with van der Waals surface area (Å²) in [6.07, 6.45) is 2.97. The molecule has 0 atom stereocenters. The van der Waals surface area contributed by atoms with Gasteiger partial charge in [-0.05, 0) is 57.9 Å². The van der Waals surface area contributed by atoms with Gasteiger partial charge < -0.3 is 18.9 Å². The Morgan fingerprint density at radius 3 is 2.73 bits per heavy atom. The molecule has 3 aromatic heterocycles. The molecule has 0 radical (unpaired) electrons. The highest BCUT2D eigenvalue weighted by Crippen LogP contribution is 2.20. The molecule has 4 rings (SSSR count). The highest BCUT2D eigenvalue weighted by atomic mass is 16.6. The van der Waals surface area contributed by atoms with E-state index in [9.17, 15) is 4.79 Å². The number of hydrogen-bond donors (Lipinski definition) is 0. The van der Waals surface area contributed by atoms with E-state index in [2.05, 4.69) is 20.1 Å². The third-order valence-corrected chi connectivity index (χ3v) is 4.69. The van der Waals surface area contributed by atoms with E-state index < -0.39 is 5.60 Å². The Kier molecular flexibility index (Phi) is 5.63. The van der Waals surface area contributed by atoms with Crippen molar-refractivity contribution in [3.63, 3.8) is 0 Å². The molecule has 9 nitrogen and oxygen atoms in total. The number of likely N-dealkylation sites (tertiary alicyclic amines) is 1. The van der Waals surface area contributed by atoms with E-state index in [4.69, 9.17) is 14.0 Å². The van der Waals surface area contributed by atoms with Crippen LogP contribution in [-0.2, 0) is 16.1 Å². The zero-order valence-electron chi connectivity index (χ0n) is 17.4. The number of carbonyl (C=O) groups excluding carboxylic acids is 1. The van der Waals surface area contributed by atoms with Crippen LogP contribution < -0.4 is 0 Å². The fourth-order valence-corrected chi connectivity index (χ4v) is 3.22. The maximum atomic E-state index is 12.1. The standard InChI is InChI=1S/C21H25N5O4/c1-21(2,3)29-20(27)26-11-8-14(9-12-26)28-13-18-24-19(30-25-18)17-7-6-15-16(23-17)5-4-10-22-15/h4-7,10,14H,8-9,11-13H2,1-3H3. The topological polar surface area (TPSA) is 103 Å². The molecule has 1 saturated heterocycles. The number of fused-ring (bicyclic) bond motifs is 1. The third-order valence-electron chi connectivity index (χ3n) is 4.69. The average Bonchev–Trinajstić information content (AvgIpc) is 3.20. The minimum atomic E-state index is -0.489. The molecule has 158 valence electrons. The first-order valence-corrected chi connectivity index (χ1v) is 10.0. The molecular weight excluding hydrogens is 386 g/mol. The largest absolute Gasteiger partial charge is 0.444 e. The first-order valence-electron chi connectivity index (χ1n) is 10.0. The maximum absolute atomic E-state index is 12.1. The van der Waals surface area contributed by atoms with Crippen molar-refractivity contribution in [3.05, 3.63) is 36.3 Å². The van der Waals surface area contributed by atoms with Crippen LogP contribution in [0, 0.1) is 0 Å². The normalized spacial score (nSPS) is 15.5. The highest BCUT2D eigenvalue weighted by Gasteiger charge is 2.27. The van der Waals surface area contributed by atoms with Crippen LogP contribution in [0.4, 0.5) is 4.79 Å². The average molecular weight is 411 g/mol. The minimum Gasteiger partial charge on any atom is -0.444 e. The fourth-order valence-electron chi connectivity index (χ4n) is 3.22. The Labute approximate surface area is 174 Å². The molecule has 3 aromatic rings. The number of nitrogens with zero attached hydrogens (tertiary/aromatic N) is 5. The van der Waals surface area contributed by atoms with Crippen LogP contribution in [-0.4, -0.2) is 55.9 Å². The molecule has 0 spiro atoms. The van der Waals surface area contributed by atoms with Gasteiger partial charge in [0.25, 0.3) is 5.89 Å². The molecular formula is C21H25N5O4. The second-order valence-corrected chi connectivity index (χ2v) is 8.23. The van der Waals surface area contributed by atoms with E-state index in [1.807, 2.05) is 39.0 Å². The van der Waals surface area contributed by atoms with Crippen molar-refractivity contribution in [1.82, 2.24) is 25.0 Å². The van der Waals surface area contributed by atoms with Gasteiger partial charge in [0.15, 0.2) is 5.82 Å². The predicted octanol–water partition coefficient (Wildman–Crippen LogP) is 3.60. The summed E-state index contributed by atoms with van der Waals surface area (Å²) in [6, 6.07) is 7.40. The first-order chi connectivity index (χ1) is 14.4. The molecule has 0 unspecified atom stereocenters. The van der Waals surface area contributed by atoms with E-state index in [0.717, 1.165) is 23.9 Å². The van der Waals surface area contributed by atoms with Crippen molar-refractivity contribution in [2.75, 3.05) is 13.1 Å². The second kappa shape index (κ2) is 8.35. The van der Waals surface area contributed by atoms with Crippen LogP contribution in [0.15, 0.2) is 35.0 Å². The van der Waals surface area contributed by atoms with Crippen molar-refractivity contribution in [1.29, 1.82) is 0 Å². The summed E-state index contributed by atoms with van der Waals surface area (Å²) in [5.41, 5.74) is 1.68. The van der Waals surface area contributed by atoms with Gasteiger partial charge in [-0.15, -0.1) is 0 Å². The predicted molar refractivity (Wildman–Crippen MR) is 108 cm³/mol. The fraction of sp³-hybridized carbons (Fsp3) is 0.476. The minimum absolute atomic E-state index is 0.0375. The Bertz CT molecular complexity index is 1020. The lowest BCUT2D eigenvalue weighted by Crippen LogP contribution is -2.43. The van der Waals surface area contributed by atoms with Gasteiger partial charge in [0.2, 0.25) is 0 Å². The number of hydrogen-bond acceptors (Lipinski definition) is 8. The Balaban J connectivity index is 1.29. The molecule has 0 aliphatic carbocycles. The number of pyridine rings is 2. The zero-order chi connectivity index (χ0) is 21.1. The Hall–Kier alpha value is -3.07. The smallest absolute Gasteiger partial charge is 0.410 e. The number of aromatic nitrogens is 4. The van der Waals surface area contributed by atoms with Gasteiger partial charge in [-0.3, -0.25) is 4.98 Å². The number of carbonyl (C=O) groups is 1. The summed E-state index contributed by atoms with van der Waals surface area (Å²) in [7, 11) is 0. The molecule has 0 saturated carbocycles. The van der Waals surface area contributed by atoms with E-state index >= 15 is 0 Å². The number of amides is 1. The summed E-state index contributed by atoms with van der Waals surface area (Å²) < 4.78 is 16.7. The third kappa shape index (κ3) is 4.91. The molecule has 9 heteroatoms. The highest BCUT2D eigenvalue weighted by molar-refractivity contribution is 5.76. The number of rotatable bonds is 4. The summed E-state index contributed by atoms with van der Waals surface area (Å²) in [5.74, 6) is 0.812. The molecule has 1 aliphatic heterocycles. The van der Waals surface area contributed by atoms with Gasteiger partial charge in [-0.25, -0.2) is 9.78 Å². The molecule has 0 aromatic carbocycles. The quantitative estimate of drug-likeness (QED) is 0.641. The van der Waals surface area contributed by atoms with Crippen molar-refractivity contribution in [2.24, 2.45) is 0 Å². The summed E-state index contributed by atoms with van der Waals surface area (Å²) in [6.45, 7) is 7.05. The molecule has 4 heterocycles. The molecule has 1 fully saturated rings. The van der Waals surface area contributed by atoms with Gasteiger partial charge >= 0.3 is 6.09 Å². The first kappa shape index (κ1) is 20.2. The lowest BCUT2D eigenvalue weighted by atomic mass is 10.1. The van der Waals surface area contributed by atoms with Crippen LogP contribution in [0.5, 0.6) is 0 Å². The van der Waals surface area contributed by atoms with E-state index in [1.165, 1.54) is 0 Å². The Morgan fingerprint density at radius 1 is 1.17 bits per heavy atom. The lowest BCUT2D eigenvalue weighted by molar-refractivity contribution is -0.0190. The van der Waals surface area contributed by atoms with E-state index in [0.29, 0.717) is 30.5 Å². The maximum Gasteiger partial charge on any atom is 0.410 e. The van der Waals surface area contributed by atoms with Gasteiger partial charge in [0.1, 0.15) is 17.9 Å². The van der Waals surface area contributed by atoms with Gasteiger partial charge in [0, 0.05) is 19.3 Å². The van der Waals surface area contributed by atoms with Gasteiger partial charge in [0.05, 0.1) is 17.1 Å². The van der Waals surface area contributed by atoms with Gasteiger partial charge in [-0.2, -0.15) is 4.98 Å². The van der Waals surface area contributed by atoms with E-state index in [-0.39, 0.29) is 18.8 Å². The van der Waals surface area contributed by atoms with Gasteiger partial charge in [-0.1, -0.05) is 5.16 Å². The van der Waals surface area contributed by atoms with Crippen LogP contribution in [0.3, 0.4) is 0 Å². The summed E-state index contributed by atoms with van der Waals surface area (Å²) in [4.78, 5) is 27.0. The SMILES string of the molecule is CC(C)(C)OC(=O)N1CCC(OCc2noc(-c3ccc4ncccc4n3)n2)CC1. The van der Waals surface area contributed by atoms with Crippen molar-refractivity contribution < 1.29 is 18.8 Å². The molecule has 1 amide bonds. The number of piperidine rings is 1. The molecule has 0 bridgehead atoms. The van der Waals surface area contributed by atoms with Crippen molar-refractivity contribution in [3.8, 4) is 11.6 Å². The van der Waals surface area contributed by atoms with E-state index in [1.54, 1.807) is 17.2 Å². The zero-order valence-corrected chi connectivity index (χ0v) is 17.4. The van der Waals surface area contributed by atoms with Crippen molar-refractivity contribution >= 4 is 17.1 Å². The summed E-state index contributed by atoms with van der Waals surface area (Å²) >= 11 is 0. The van der Waals surface area contributed by atoms with Crippen LogP contribution in [0.25, 0.3) is 22.6 Å². The monoisotopic (exact) mass is 411 g/mol. The molecule has 1 aliphatic rings. The van der Waals surface area contributed by atoms with Crippen LogP contribution in [0.2, 0.25) is 0 Å². The second-order valence-electron chi connectivity index (χ2n) is 8.23. The Morgan fingerprint density at radius 2 is 1.97 bits per heavy atom. The number of ether oxygens (including phenoxy) is 2. The summed E-state index contributed by atoms with van der Waals surface area (Å²) in [5, 5.41) is 3.99. The van der Waals surface area contributed by atoms with Crippen LogP contribution in [0.1, 0.15) is 39.4 Å².